The number of carbonyl (C=O) groups is 4. The number of guanidine groups is 1. The van der Waals surface area contributed by atoms with Crippen LogP contribution in [-0.2, 0) is 9.47 Å². The van der Waals surface area contributed by atoms with Crippen LogP contribution >= 0.6 is 0 Å². The SMILES string of the molecule is CC(C)(C)OC(=O)/N=C(/N)NC(=O)c1ccc(C(=O)NCCCCNC(=O)OC(C)(C)C)[nH]1. The van der Waals surface area contributed by atoms with Gasteiger partial charge in [-0.15, -0.1) is 4.99 Å². The lowest BCUT2D eigenvalue weighted by Gasteiger charge is -2.19. The third-order valence-corrected chi connectivity index (χ3v) is 3.58. The molecule has 4 amide bonds. The zero-order valence-electron chi connectivity index (χ0n) is 20.0. The molecule has 0 radical (unpaired) electrons. The molecular formula is C21H34N6O6. The minimum atomic E-state index is -0.937. The summed E-state index contributed by atoms with van der Waals surface area (Å²) in [5, 5.41) is 7.59. The van der Waals surface area contributed by atoms with Gasteiger partial charge < -0.3 is 30.8 Å². The predicted molar refractivity (Wildman–Crippen MR) is 122 cm³/mol. The number of rotatable bonds is 7. The Balaban J connectivity index is 2.40. The lowest BCUT2D eigenvalue weighted by molar-refractivity contribution is 0.0524. The van der Waals surface area contributed by atoms with Crippen molar-refractivity contribution in [2.24, 2.45) is 10.7 Å². The van der Waals surface area contributed by atoms with Crippen molar-refractivity contribution < 1.29 is 28.7 Å². The van der Waals surface area contributed by atoms with E-state index in [9.17, 15) is 19.2 Å². The molecule has 0 aliphatic rings. The minimum absolute atomic E-state index is 0.0593. The summed E-state index contributed by atoms with van der Waals surface area (Å²) in [6.07, 6.45) is -0.143. The number of ether oxygens (including phenoxy) is 2. The summed E-state index contributed by atoms with van der Waals surface area (Å²) in [4.78, 5) is 53.7. The molecule has 0 saturated heterocycles. The van der Waals surface area contributed by atoms with E-state index in [1.807, 2.05) is 0 Å². The number of aliphatic imine (C=N–C) groups is 1. The lowest BCUT2D eigenvalue weighted by Crippen LogP contribution is -2.38. The van der Waals surface area contributed by atoms with Gasteiger partial charge in [0, 0.05) is 13.1 Å². The number of hydrogen-bond donors (Lipinski definition) is 5. The molecule has 1 aromatic heterocycles. The van der Waals surface area contributed by atoms with Crippen molar-refractivity contribution in [3.63, 3.8) is 0 Å². The summed E-state index contributed by atoms with van der Waals surface area (Å²) < 4.78 is 10.1. The van der Waals surface area contributed by atoms with E-state index < -0.39 is 41.2 Å². The number of nitrogens with zero attached hydrogens (tertiary/aromatic N) is 1. The Kier molecular flexibility index (Phi) is 9.89. The molecule has 33 heavy (non-hydrogen) atoms. The first-order chi connectivity index (χ1) is 15.2. The van der Waals surface area contributed by atoms with Gasteiger partial charge in [0.1, 0.15) is 22.6 Å². The van der Waals surface area contributed by atoms with Gasteiger partial charge in [0.2, 0.25) is 5.96 Å². The van der Waals surface area contributed by atoms with Crippen molar-refractivity contribution in [2.45, 2.75) is 65.6 Å². The van der Waals surface area contributed by atoms with Crippen molar-refractivity contribution in [2.75, 3.05) is 13.1 Å². The number of unbranched alkanes of at least 4 members (excludes halogenated alkanes) is 1. The van der Waals surface area contributed by atoms with E-state index >= 15 is 0 Å². The van der Waals surface area contributed by atoms with Crippen LogP contribution in [0.25, 0.3) is 0 Å². The van der Waals surface area contributed by atoms with Gasteiger partial charge in [-0.25, -0.2) is 9.59 Å². The van der Waals surface area contributed by atoms with Gasteiger partial charge in [-0.1, -0.05) is 0 Å². The maximum absolute atomic E-state index is 12.2. The highest BCUT2D eigenvalue weighted by Crippen LogP contribution is 2.08. The van der Waals surface area contributed by atoms with Crippen LogP contribution in [0.3, 0.4) is 0 Å². The molecule has 0 saturated carbocycles. The van der Waals surface area contributed by atoms with Crippen molar-refractivity contribution in [3.8, 4) is 0 Å². The summed E-state index contributed by atoms with van der Waals surface area (Å²) in [7, 11) is 0. The summed E-state index contributed by atoms with van der Waals surface area (Å²) in [5.74, 6) is -1.51. The standard InChI is InChI=1S/C21H34N6O6/c1-20(2,3)32-18(30)24-12-8-7-11-23-15(28)13-9-10-14(25-13)16(29)26-17(22)27-19(31)33-21(4,5)6/h9-10,25H,7-8,11-12H2,1-6H3,(H,23,28)(H,24,30)(H3,22,26,27,29,31). The van der Waals surface area contributed by atoms with Crippen molar-refractivity contribution in [1.29, 1.82) is 0 Å². The Bertz CT molecular complexity index is 879. The summed E-state index contributed by atoms with van der Waals surface area (Å²) in [5.41, 5.74) is 4.47. The molecule has 184 valence electrons. The van der Waals surface area contributed by atoms with Crippen LogP contribution in [0.5, 0.6) is 0 Å². The van der Waals surface area contributed by atoms with Crippen LogP contribution in [0.1, 0.15) is 75.4 Å². The second kappa shape index (κ2) is 11.9. The Hall–Kier alpha value is -3.57. The van der Waals surface area contributed by atoms with Crippen molar-refractivity contribution >= 4 is 30.0 Å². The monoisotopic (exact) mass is 466 g/mol. The van der Waals surface area contributed by atoms with E-state index in [0.717, 1.165) is 0 Å². The van der Waals surface area contributed by atoms with Crippen LogP contribution in [0, 0.1) is 0 Å². The van der Waals surface area contributed by atoms with E-state index in [0.29, 0.717) is 25.9 Å². The van der Waals surface area contributed by atoms with Crippen molar-refractivity contribution in [3.05, 3.63) is 23.5 Å². The third-order valence-electron chi connectivity index (χ3n) is 3.58. The quantitative estimate of drug-likeness (QED) is 0.232. The number of aromatic nitrogens is 1. The van der Waals surface area contributed by atoms with Crippen LogP contribution in [0.15, 0.2) is 17.1 Å². The number of amides is 4. The predicted octanol–water partition coefficient (Wildman–Crippen LogP) is 2.03. The van der Waals surface area contributed by atoms with Gasteiger partial charge in [0.15, 0.2) is 0 Å². The fourth-order valence-electron chi connectivity index (χ4n) is 2.31. The zero-order valence-corrected chi connectivity index (χ0v) is 20.0. The molecule has 1 aromatic rings. The topological polar surface area (TPSA) is 177 Å². The van der Waals surface area contributed by atoms with Gasteiger partial charge in [-0.2, -0.15) is 0 Å². The Morgan fingerprint density at radius 1 is 0.879 bits per heavy atom. The number of H-pyrrole nitrogens is 1. The normalized spacial score (nSPS) is 12.0. The summed E-state index contributed by atoms with van der Waals surface area (Å²) in [6.45, 7) is 11.2. The van der Waals surface area contributed by atoms with Crippen LogP contribution in [-0.4, -0.2) is 59.2 Å². The maximum atomic E-state index is 12.2. The van der Waals surface area contributed by atoms with Gasteiger partial charge in [-0.05, 0) is 66.5 Å². The van der Waals surface area contributed by atoms with E-state index in [1.165, 1.54) is 12.1 Å². The highest BCUT2D eigenvalue weighted by Gasteiger charge is 2.18. The molecule has 0 fully saturated rings. The molecule has 6 N–H and O–H groups in total. The molecule has 0 unspecified atom stereocenters. The maximum Gasteiger partial charge on any atom is 0.437 e. The fourth-order valence-corrected chi connectivity index (χ4v) is 2.31. The first-order valence-electron chi connectivity index (χ1n) is 10.5. The van der Waals surface area contributed by atoms with Gasteiger partial charge >= 0.3 is 12.2 Å². The molecule has 0 aliphatic heterocycles. The Labute approximate surface area is 193 Å². The van der Waals surface area contributed by atoms with E-state index in [2.05, 4.69) is 25.9 Å². The number of nitrogens with one attached hydrogen (secondary N) is 4. The van der Waals surface area contributed by atoms with E-state index in [4.69, 9.17) is 15.2 Å². The van der Waals surface area contributed by atoms with Crippen LogP contribution in [0.2, 0.25) is 0 Å². The Morgan fingerprint density at radius 2 is 1.39 bits per heavy atom. The van der Waals surface area contributed by atoms with Gasteiger partial charge in [0.05, 0.1) is 0 Å². The lowest BCUT2D eigenvalue weighted by atomic mass is 10.2. The van der Waals surface area contributed by atoms with E-state index in [-0.39, 0.29) is 11.4 Å². The number of hydrogen-bond acceptors (Lipinski definition) is 6. The van der Waals surface area contributed by atoms with Crippen LogP contribution in [0.4, 0.5) is 9.59 Å². The fraction of sp³-hybridized carbons (Fsp3) is 0.571. The average molecular weight is 467 g/mol. The zero-order chi connectivity index (χ0) is 25.2. The first-order valence-corrected chi connectivity index (χ1v) is 10.5. The second-order valence-electron chi connectivity index (χ2n) is 9.11. The first kappa shape index (κ1) is 27.5. The highest BCUT2D eigenvalue weighted by molar-refractivity contribution is 6.07. The third kappa shape index (κ3) is 12.1. The summed E-state index contributed by atoms with van der Waals surface area (Å²) >= 11 is 0. The number of alkyl carbamates (subject to hydrolysis) is 1. The highest BCUT2D eigenvalue weighted by atomic mass is 16.6. The number of carbonyl (C=O) groups excluding carboxylic acids is 4. The number of nitrogens with two attached hydrogens (primary N) is 1. The van der Waals surface area contributed by atoms with Gasteiger partial charge in [-0.3, -0.25) is 14.9 Å². The smallest absolute Gasteiger partial charge is 0.437 e. The molecule has 12 nitrogen and oxygen atoms in total. The molecule has 0 bridgehead atoms. The van der Waals surface area contributed by atoms with Gasteiger partial charge in [0.25, 0.3) is 11.8 Å². The average Bonchev–Trinajstić information content (AvgIpc) is 3.11. The largest absolute Gasteiger partial charge is 0.444 e. The Morgan fingerprint density at radius 3 is 1.94 bits per heavy atom. The molecule has 0 spiro atoms. The van der Waals surface area contributed by atoms with Crippen molar-refractivity contribution in [1.82, 2.24) is 20.9 Å². The molecule has 12 heteroatoms. The summed E-state index contributed by atoms with van der Waals surface area (Å²) in [6, 6.07) is 2.84. The molecule has 1 heterocycles. The van der Waals surface area contributed by atoms with Crippen LogP contribution < -0.4 is 21.7 Å². The molecule has 0 atom stereocenters. The molecule has 1 rings (SSSR count). The second-order valence-corrected chi connectivity index (χ2v) is 9.11. The minimum Gasteiger partial charge on any atom is -0.444 e. The number of aromatic amines is 1. The molecular weight excluding hydrogens is 432 g/mol. The molecule has 0 aromatic carbocycles. The van der Waals surface area contributed by atoms with E-state index in [1.54, 1.807) is 41.5 Å². The molecule has 0 aliphatic carbocycles.